The number of benzene rings is 2. The van der Waals surface area contributed by atoms with Crippen molar-refractivity contribution in [2.45, 2.75) is 84.5 Å². The van der Waals surface area contributed by atoms with Gasteiger partial charge in [-0.05, 0) is 37.0 Å². The molecule has 2 aromatic rings. The van der Waals surface area contributed by atoms with Gasteiger partial charge in [-0.25, -0.2) is 4.79 Å². The lowest BCUT2D eigenvalue weighted by Gasteiger charge is -2.15. The zero-order valence-electron chi connectivity index (χ0n) is 22.7. The van der Waals surface area contributed by atoms with Crippen LogP contribution in [0, 0.1) is 5.92 Å². The van der Waals surface area contributed by atoms with Crippen molar-refractivity contribution in [1.29, 1.82) is 0 Å². The molecule has 0 spiro atoms. The Hall–Kier alpha value is -3.08. The topological polar surface area (TPSA) is 61.8 Å². The summed E-state index contributed by atoms with van der Waals surface area (Å²) in [4.78, 5) is 23.2. The van der Waals surface area contributed by atoms with Crippen LogP contribution in [0.4, 0.5) is 0 Å². The average molecular weight is 509 g/mol. The van der Waals surface area contributed by atoms with Gasteiger partial charge < -0.3 is 14.2 Å². The van der Waals surface area contributed by atoms with E-state index in [4.69, 9.17) is 14.2 Å². The minimum absolute atomic E-state index is 0.132. The molecule has 0 saturated heterocycles. The lowest BCUT2D eigenvalue weighted by atomic mass is 10.0. The van der Waals surface area contributed by atoms with E-state index in [1.54, 1.807) is 0 Å². The van der Waals surface area contributed by atoms with Crippen molar-refractivity contribution in [2.24, 2.45) is 5.92 Å². The van der Waals surface area contributed by atoms with Crippen molar-refractivity contribution in [3.63, 3.8) is 0 Å². The van der Waals surface area contributed by atoms with E-state index in [1.165, 1.54) is 44.6 Å². The molecular formula is C32H44O5. The maximum absolute atomic E-state index is 12.2. The first-order valence-corrected chi connectivity index (χ1v) is 13.9. The molecule has 0 aromatic heterocycles. The van der Waals surface area contributed by atoms with Crippen LogP contribution in [0.25, 0.3) is 11.1 Å². The Balaban J connectivity index is 1.68. The maximum Gasteiger partial charge on any atom is 0.330 e. The van der Waals surface area contributed by atoms with Crippen molar-refractivity contribution in [3.8, 4) is 22.6 Å². The molecule has 1 unspecified atom stereocenters. The summed E-state index contributed by atoms with van der Waals surface area (Å²) in [5.74, 6) is 0.595. The van der Waals surface area contributed by atoms with E-state index in [2.05, 4.69) is 18.7 Å². The molecule has 0 aliphatic carbocycles. The van der Waals surface area contributed by atoms with Gasteiger partial charge in [-0.2, -0.15) is 0 Å². The number of rotatable bonds is 19. The highest BCUT2D eigenvalue weighted by molar-refractivity contribution is 5.81. The highest BCUT2D eigenvalue weighted by Gasteiger charge is 2.15. The molecule has 0 amide bonds. The normalized spacial score (nSPS) is 11.5. The molecular weight excluding hydrogens is 464 g/mol. The predicted molar refractivity (Wildman–Crippen MR) is 150 cm³/mol. The van der Waals surface area contributed by atoms with Gasteiger partial charge in [-0.1, -0.05) is 102 Å². The van der Waals surface area contributed by atoms with Crippen LogP contribution >= 0.6 is 0 Å². The zero-order valence-corrected chi connectivity index (χ0v) is 22.7. The second kappa shape index (κ2) is 18.2. The summed E-state index contributed by atoms with van der Waals surface area (Å²) in [5.41, 5.74) is 2.08. The van der Waals surface area contributed by atoms with Gasteiger partial charge in [-0.15, -0.1) is 0 Å². The molecule has 0 aliphatic rings. The predicted octanol–water partition coefficient (Wildman–Crippen LogP) is 8.31. The van der Waals surface area contributed by atoms with Crippen molar-refractivity contribution in [2.75, 3.05) is 13.2 Å². The van der Waals surface area contributed by atoms with E-state index in [1.807, 2.05) is 50.2 Å². The standard InChI is InChI=1S/C32H44O5/c1-4-26(3)32(34)37-28-21-22-29(27-19-15-14-16-20-27)30(25-28)35-23-17-12-10-8-6-7-9-11-13-18-24-36-31(33)5-2/h5,14-16,19-22,25-26H,2,4,6-13,17-18,23-24H2,1,3H3. The zero-order chi connectivity index (χ0) is 26.7. The van der Waals surface area contributed by atoms with Gasteiger partial charge in [0.05, 0.1) is 19.1 Å². The fraction of sp³-hybridized carbons (Fsp3) is 0.500. The molecule has 5 nitrogen and oxygen atoms in total. The van der Waals surface area contributed by atoms with Gasteiger partial charge in [0.2, 0.25) is 0 Å². The van der Waals surface area contributed by atoms with Crippen LogP contribution < -0.4 is 9.47 Å². The van der Waals surface area contributed by atoms with E-state index in [9.17, 15) is 9.59 Å². The number of hydrogen-bond donors (Lipinski definition) is 0. The molecule has 0 saturated carbocycles. The Morgan fingerprint density at radius 2 is 1.43 bits per heavy atom. The first-order valence-electron chi connectivity index (χ1n) is 13.9. The van der Waals surface area contributed by atoms with Gasteiger partial charge in [0, 0.05) is 17.7 Å². The Labute approximate surface area is 223 Å². The fourth-order valence-electron chi connectivity index (χ4n) is 3.96. The summed E-state index contributed by atoms with van der Waals surface area (Å²) >= 11 is 0. The molecule has 0 fully saturated rings. The summed E-state index contributed by atoms with van der Waals surface area (Å²) in [5, 5.41) is 0. The summed E-state index contributed by atoms with van der Waals surface area (Å²) < 4.78 is 16.8. The van der Waals surface area contributed by atoms with E-state index in [-0.39, 0.29) is 17.9 Å². The van der Waals surface area contributed by atoms with E-state index in [0.29, 0.717) is 19.0 Å². The SMILES string of the molecule is C=CC(=O)OCCCCCCCCCCCCOc1cc(OC(=O)C(C)CC)ccc1-c1ccccc1. The first-order chi connectivity index (χ1) is 18.0. The number of unbranched alkanes of at least 4 members (excludes halogenated alkanes) is 9. The number of carbonyl (C=O) groups excluding carboxylic acids is 2. The molecule has 0 aliphatic heterocycles. The second-order valence-corrected chi connectivity index (χ2v) is 9.51. The van der Waals surface area contributed by atoms with Crippen LogP contribution in [0.1, 0.15) is 84.5 Å². The molecule has 0 bridgehead atoms. The summed E-state index contributed by atoms with van der Waals surface area (Å²) in [6.45, 7) is 8.38. The molecule has 1 atom stereocenters. The Morgan fingerprint density at radius 3 is 2.03 bits per heavy atom. The third-order valence-corrected chi connectivity index (χ3v) is 6.48. The Bertz CT molecular complexity index is 937. The van der Waals surface area contributed by atoms with E-state index in [0.717, 1.165) is 49.0 Å². The largest absolute Gasteiger partial charge is 0.493 e. The fourth-order valence-corrected chi connectivity index (χ4v) is 3.96. The van der Waals surface area contributed by atoms with Crippen molar-refractivity contribution in [1.82, 2.24) is 0 Å². The maximum atomic E-state index is 12.2. The lowest BCUT2D eigenvalue weighted by molar-refractivity contribution is -0.139. The van der Waals surface area contributed by atoms with Crippen LogP contribution in [-0.4, -0.2) is 25.2 Å². The molecule has 37 heavy (non-hydrogen) atoms. The van der Waals surface area contributed by atoms with Crippen molar-refractivity contribution < 1.29 is 23.8 Å². The van der Waals surface area contributed by atoms with Gasteiger partial charge in [0.1, 0.15) is 11.5 Å². The lowest BCUT2D eigenvalue weighted by Crippen LogP contribution is -2.17. The van der Waals surface area contributed by atoms with Crippen LogP contribution in [0.3, 0.4) is 0 Å². The number of hydrogen-bond acceptors (Lipinski definition) is 5. The number of ether oxygens (including phenoxy) is 3. The monoisotopic (exact) mass is 508 g/mol. The Morgan fingerprint density at radius 1 is 0.838 bits per heavy atom. The average Bonchev–Trinajstić information content (AvgIpc) is 2.93. The van der Waals surface area contributed by atoms with Gasteiger partial charge >= 0.3 is 11.9 Å². The number of esters is 2. The van der Waals surface area contributed by atoms with Crippen LogP contribution in [0.15, 0.2) is 61.2 Å². The van der Waals surface area contributed by atoms with Crippen LogP contribution in [-0.2, 0) is 14.3 Å². The summed E-state index contributed by atoms with van der Waals surface area (Å²) in [7, 11) is 0. The molecule has 2 rings (SSSR count). The minimum Gasteiger partial charge on any atom is -0.493 e. The highest BCUT2D eigenvalue weighted by atomic mass is 16.5. The molecule has 202 valence electrons. The van der Waals surface area contributed by atoms with Crippen LogP contribution in [0.2, 0.25) is 0 Å². The van der Waals surface area contributed by atoms with Crippen molar-refractivity contribution >= 4 is 11.9 Å². The van der Waals surface area contributed by atoms with E-state index >= 15 is 0 Å². The Kier molecular flexibility index (Phi) is 14.8. The molecule has 5 heteroatoms. The van der Waals surface area contributed by atoms with Gasteiger partial charge in [-0.3, -0.25) is 4.79 Å². The highest BCUT2D eigenvalue weighted by Crippen LogP contribution is 2.34. The summed E-state index contributed by atoms with van der Waals surface area (Å²) in [6.07, 6.45) is 13.5. The molecule has 0 radical (unpaired) electrons. The second-order valence-electron chi connectivity index (χ2n) is 9.51. The molecule has 0 heterocycles. The smallest absolute Gasteiger partial charge is 0.330 e. The van der Waals surface area contributed by atoms with Gasteiger partial charge in [0.25, 0.3) is 0 Å². The third kappa shape index (κ3) is 12.1. The van der Waals surface area contributed by atoms with Crippen LogP contribution in [0.5, 0.6) is 11.5 Å². The third-order valence-electron chi connectivity index (χ3n) is 6.48. The minimum atomic E-state index is -0.335. The van der Waals surface area contributed by atoms with Gasteiger partial charge in [0.15, 0.2) is 0 Å². The van der Waals surface area contributed by atoms with Crippen molar-refractivity contribution in [3.05, 3.63) is 61.2 Å². The van der Waals surface area contributed by atoms with E-state index < -0.39 is 0 Å². The molecule has 2 aromatic carbocycles. The number of carbonyl (C=O) groups is 2. The summed E-state index contributed by atoms with van der Waals surface area (Å²) in [6, 6.07) is 15.8. The first kappa shape index (κ1) is 30.1. The quantitative estimate of drug-likeness (QED) is 0.0826. The molecule has 0 N–H and O–H groups in total.